The van der Waals surface area contributed by atoms with Gasteiger partial charge < -0.3 is 10.6 Å². The van der Waals surface area contributed by atoms with Gasteiger partial charge in [-0.3, -0.25) is 14.7 Å². The summed E-state index contributed by atoms with van der Waals surface area (Å²) in [5, 5.41) is 11.9. The number of anilines is 1. The first kappa shape index (κ1) is 15.9. The van der Waals surface area contributed by atoms with Gasteiger partial charge in [-0.25, -0.2) is 4.98 Å². The van der Waals surface area contributed by atoms with Crippen molar-refractivity contribution < 1.29 is 9.59 Å². The summed E-state index contributed by atoms with van der Waals surface area (Å²) in [4.78, 5) is 29.6. The van der Waals surface area contributed by atoms with Crippen LogP contribution in [0.5, 0.6) is 0 Å². The van der Waals surface area contributed by atoms with Crippen molar-refractivity contribution in [3.63, 3.8) is 0 Å². The molecule has 1 atom stereocenters. The van der Waals surface area contributed by atoms with Gasteiger partial charge in [-0.1, -0.05) is 30.3 Å². The fourth-order valence-electron chi connectivity index (χ4n) is 2.19. The third-order valence-electron chi connectivity index (χ3n) is 3.38. The van der Waals surface area contributed by atoms with Gasteiger partial charge in [-0.05, 0) is 12.5 Å². The van der Waals surface area contributed by atoms with Crippen LogP contribution in [-0.4, -0.2) is 27.0 Å². The highest BCUT2D eigenvalue weighted by Crippen LogP contribution is 2.18. The molecular formula is C16H15N5O2S. The largest absolute Gasteiger partial charge is 0.336 e. The van der Waals surface area contributed by atoms with Gasteiger partial charge >= 0.3 is 0 Å². The summed E-state index contributed by atoms with van der Waals surface area (Å²) in [6.07, 6.45) is 1.53. The summed E-state index contributed by atoms with van der Waals surface area (Å²) in [6, 6.07) is 9.86. The number of aryl methyl sites for hydroxylation is 1. The van der Waals surface area contributed by atoms with Crippen LogP contribution in [0.3, 0.4) is 0 Å². The molecule has 0 aliphatic carbocycles. The molecule has 122 valence electrons. The first-order valence-corrected chi connectivity index (χ1v) is 8.09. The minimum atomic E-state index is -0.830. The van der Waals surface area contributed by atoms with Crippen molar-refractivity contribution in [2.45, 2.75) is 13.0 Å². The molecule has 3 rings (SSSR count). The average Bonchev–Trinajstić information content (AvgIpc) is 3.24. The molecule has 0 unspecified atom stereocenters. The Morgan fingerprint density at radius 1 is 1.21 bits per heavy atom. The number of amides is 2. The zero-order valence-corrected chi connectivity index (χ0v) is 13.6. The van der Waals surface area contributed by atoms with E-state index in [1.54, 1.807) is 30.6 Å². The molecule has 0 spiro atoms. The van der Waals surface area contributed by atoms with Gasteiger partial charge in [-0.15, -0.1) is 11.3 Å². The summed E-state index contributed by atoms with van der Waals surface area (Å²) in [5.74, 6) is -0.228. The zero-order valence-electron chi connectivity index (χ0n) is 12.8. The van der Waals surface area contributed by atoms with E-state index >= 15 is 0 Å². The SMILES string of the molecule is Cc1ncsc1C(=O)N[C@H](C(=O)Nc1ccn[nH]1)c1ccccc1. The molecule has 2 amide bonds. The monoisotopic (exact) mass is 341 g/mol. The van der Waals surface area contributed by atoms with Gasteiger partial charge in [0.15, 0.2) is 0 Å². The fourth-order valence-corrected chi connectivity index (χ4v) is 2.90. The van der Waals surface area contributed by atoms with E-state index in [1.807, 2.05) is 18.2 Å². The molecule has 3 aromatic rings. The summed E-state index contributed by atoms with van der Waals surface area (Å²) >= 11 is 1.24. The highest BCUT2D eigenvalue weighted by Gasteiger charge is 2.25. The van der Waals surface area contributed by atoms with Crippen molar-refractivity contribution >= 4 is 29.0 Å². The molecule has 0 fully saturated rings. The lowest BCUT2D eigenvalue weighted by molar-refractivity contribution is -0.118. The Morgan fingerprint density at radius 3 is 2.62 bits per heavy atom. The predicted octanol–water partition coefficient (Wildman–Crippen LogP) is 2.28. The van der Waals surface area contributed by atoms with E-state index in [2.05, 4.69) is 25.8 Å². The molecule has 0 saturated carbocycles. The second-order valence-corrected chi connectivity index (χ2v) is 5.90. The molecule has 1 aromatic carbocycles. The summed E-state index contributed by atoms with van der Waals surface area (Å²) < 4.78 is 0. The molecule has 24 heavy (non-hydrogen) atoms. The summed E-state index contributed by atoms with van der Waals surface area (Å²) in [6.45, 7) is 1.76. The maximum atomic E-state index is 12.6. The number of carbonyl (C=O) groups is 2. The second kappa shape index (κ2) is 7.05. The lowest BCUT2D eigenvalue weighted by atomic mass is 10.1. The number of carbonyl (C=O) groups excluding carboxylic acids is 2. The van der Waals surface area contributed by atoms with Crippen LogP contribution < -0.4 is 10.6 Å². The van der Waals surface area contributed by atoms with E-state index in [4.69, 9.17) is 0 Å². The van der Waals surface area contributed by atoms with Crippen LogP contribution in [0.1, 0.15) is 27.0 Å². The maximum Gasteiger partial charge on any atom is 0.264 e. The van der Waals surface area contributed by atoms with Crippen LogP contribution in [0.25, 0.3) is 0 Å². The molecule has 0 radical (unpaired) electrons. The zero-order chi connectivity index (χ0) is 16.9. The number of rotatable bonds is 5. The number of aromatic amines is 1. The Labute approximate surface area is 142 Å². The molecular weight excluding hydrogens is 326 g/mol. The highest BCUT2D eigenvalue weighted by atomic mass is 32.1. The Bertz CT molecular complexity index is 829. The van der Waals surface area contributed by atoms with E-state index in [0.717, 1.165) is 0 Å². The van der Waals surface area contributed by atoms with Crippen molar-refractivity contribution in [2.24, 2.45) is 0 Å². The number of hydrogen-bond acceptors (Lipinski definition) is 5. The van der Waals surface area contributed by atoms with Gasteiger partial charge in [0, 0.05) is 6.07 Å². The van der Waals surface area contributed by atoms with Crippen molar-refractivity contribution in [3.05, 3.63) is 64.2 Å². The van der Waals surface area contributed by atoms with Crippen molar-refractivity contribution in [2.75, 3.05) is 5.32 Å². The first-order chi connectivity index (χ1) is 11.6. The predicted molar refractivity (Wildman–Crippen MR) is 90.7 cm³/mol. The van der Waals surface area contributed by atoms with Crippen molar-refractivity contribution in [1.29, 1.82) is 0 Å². The van der Waals surface area contributed by atoms with Gasteiger partial charge in [-0.2, -0.15) is 5.10 Å². The normalized spacial score (nSPS) is 11.7. The number of H-pyrrole nitrogens is 1. The van der Waals surface area contributed by atoms with Gasteiger partial charge in [0.05, 0.1) is 17.4 Å². The van der Waals surface area contributed by atoms with E-state index in [0.29, 0.717) is 22.0 Å². The third kappa shape index (κ3) is 3.49. The Kier molecular flexibility index (Phi) is 4.66. The number of nitrogens with one attached hydrogen (secondary N) is 3. The number of hydrogen-bond donors (Lipinski definition) is 3. The molecule has 2 heterocycles. The van der Waals surface area contributed by atoms with Crippen LogP contribution in [0, 0.1) is 6.92 Å². The van der Waals surface area contributed by atoms with Crippen LogP contribution in [0.15, 0.2) is 48.1 Å². The van der Waals surface area contributed by atoms with Crippen LogP contribution >= 0.6 is 11.3 Å². The average molecular weight is 341 g/mol. The first-order valence-electron chi connectivity index (χ1n) is 7.21. The van der Waals surface area contributed by atoms with Gasteiger partial charge in [0.25, 0.3) is 11.8 Å². The van der Waals surface area contributed by atoms with E-state index in [9.17, 15) is 9.59 Å². The molecule has 7 nitrogen and oxygen atoms in total. The highest BCUT2D eigenvalue weighted by molar-refractivity contribution is 7.11. The second-order valence-electron chi connectivity index (χ2n) is 5.04. The smallest absolute Gasteiger partial charge is 0.264 e. The molecule has 8 heteroatoms. The van der Waals surface area contributed by atoms with E-state index < -0.39 is 6.04 Å². The number of nitrogens with zero attached hydrogens (tertiary/aromatic N) is 2. The van der Waals surface area contributed by atoms with Crippen molar-refractivity contribution in [1.82, 2.24) is 20.5 Å². The molecule has 0 saturated heterocycles. The van der Waals surface area contributed by atoms with Crippen LogP contribution in [0.4, 0.5) is 5.82 Å². The quantitative estimate of drug-likeness (QED) is 0.663. The van der Waals surface area contributed by atoms with Crippen LogP contribution in [0.2, 0.25) is 0 Å². The van der Waals surface area contributed by atoms with Gasteiger partial charge in [0.2, 0.25) is 0 Å². The number of aromatic nitrogens is 3. The Hall–Kier alpha value is -3.00. The lowest BCUT2D eigenvalue weighted by Crippen LogP contribution is -2.37. The number of benzene rings is 1. The third-order valence-corrected chi connectivity index (χ3v) is 4.31. The Morgan fingerprint density at radius 2 is 2.00 bits per heavy atom. The minimum absolute atomic E-state index is 0.330. The van der Waals surface area contributed by atoms with E-state index in [1.165, 1.54) is 17.5 Å². The standard InChI is InChI=1S/C16H15N5O2S/c1-10-14(24-9-17-10)16(23)20-13(11-5-3-2-4-6-11)15(22)19-12-7-8-18-21-12/h2-9,13H,1H3,(H,20,23)(H2,18,19,21,22)/t13-/m0/s1. The molecule has 0 bridgehead atoms. The van der Waals surface area contributed by atoms with Gasteiger partial charge in [0.1, 0.15) is 16.7 Å². The minimum Gasteiger partial charge on any atom is -0.336 e. The van der Waals surface area contributed by atoms with E-state index in [-0.39, 0.29) is 11.8 Å². The molecule has 2 aromatic heterocycles. The summed E-state index contributed by atoms with van der Waals surface area (Å²) in [7, 11) is 0. The topological polar surface area (TPSA) is 99.8 Å². The summed E-state index contributed by atoms with van der Waals surface area (Å²) in [5.41, 5.74) is 2.93. The molecule has 3 N–H and O–H groups in total. The van der Waals surface area contributed by atoms with Crippen molar-refractivity contribution in [3.8, 4) is 0 Å². The fraction of sp³-hybridized carbons (Fsp3) is 0.125. The lowest BCUT2D eigenvalue weighted by Gasteiger charge is -2.18. The molecule has 0 aliphatic rings. The molecule has 0 aliphatic heterocycles. The van der Waals surface area contributed by atoms with Crippen LogP contribution in [-0.2, 0) is 4.79 Å². The Balaban J connectivity index is 1.84. The maximum absolute atomic E-state index is 12.6. The number of thiazole rings is 1.